The number of benzene rings is 2. The van der Waals surface area contributed by atoms with Gasteiger partial charge in [0, 0.05) is 18.5 Å². The maximum atomic E-state index is 13.0. The molecule has 1 N–H and O–H groups in total. The summed E-state index contributed by atoms with van der Waals surface area (Å²) in [6.45, 7) is -3.63. The number of amides is 3. The van der Waals surface area contributed by atoms with Crippen molar-refractivity contribution in [3.05, 3.63) is 89.4 Å². The minimum absolute atomic E-state index is 0.00963. The van der Waals surface area contributed by atoms with Gasteiger partial charge in [-0.05, 0) is 47.5 Å². The van der Waals surface area contributed by atoms with Crippen molar-refractivity contribution in [1.29, 1.82) is 0 Å². The third kappa shape index (κ3) is 5.74. The lowest BCUT2D eigenvalue weighted by atomic mass is 9.93. The lowest BCUT2D eigenvalue weighted by Gasteiger charge is -2.34. The summed E-state index contributed by atoms with van der Waals surface area (Å²) in [5, 5.41) is 2.05. The van der Waals surface area contributed by atoms with Crippen LogP contribution in [0, 0.1) is 0 Å². The maximum Gasteiger partial charge on any atom is 0.387 e. The third-order valence-corrected chi connectivity index (χ3v) is 5.45. The average molecular weight is 498 g/mol. The number of furan rings is 1. The van der Waals surface area contributed by atoms with E-state index < -0.39 is 43.0 Å². The highest BCUT2D eigenvalue weighted by atomic mass is 19.3. The van der Waals surface area contributed by atoms with Crippen LogP contribution in [0.4, 0.5) is 8.78 Å². The van der Waals surface area contributed by atoms with Gasteiger partial charge in [-0.2, -0.15) is 8.78 Å². The topological polar surface area (TPSA) is 115 Å². The van der Waals surface area contributed by atoms with Gasteiger partial charge in [-0.1, -0.05) is 24.3 Å². The summed E-state index contributed by atoms with van der Waals surface area (Å²) in [6, 6.07) is 14.1. The van der Waals surface area contributed by atoms with E-state index in [0.29, 0.717) is 0 Å². The Kier molecular flexibility index (Phi) is 7.38. The number of rotatable bonds is 7. The first-order valence-corrected chi connectivity index (χ1v) is 10.8. The second-order valence-corrected chi connectivity index (χ2v) is 7.79. The summed E-state index contributed by atoms with van der Waals surface area (Å²) in [4.78, 5) is 51.6. The van der Waals surface area contributed by atoms with Crippen LogP contribution in [0.2, 0.25) is 0 Å². The van der Waals surface area contributed by atoms with E-state index in [1.54, 1.807) is 6.07 Å². The van der Waals surface area contributed by atoms with Gasteiger partial charge in [-0.25, -0.2) is 4.79 Å². The normalized spacial score (nSPS) is 14.6. The number of hydrogen-bond donors (Lipinski definition) is 1. The molecule has 2 aromatic carbocycles. The van der Waals surface area contributed by atoms with E-state index in [2.05, 4.69) is 4.74 Å². The highest BCUT2D eigenvalue weighted by molar-refractivity contribution is 6.05. The number of nitrogens with one attached hydrogen (secondary N) is 1. The molecule has 0 saturated carbocycles. The van der Waals surface area contributed by atoms with Crippen LogP contribution in [0.25, 0.3) is 0 Å². The molecule has 0 spiro atoms. The van der Waals surface area contributed by atoms with Crippen molar-refractivity contribution in [3.8, 4) is 5.75 Å². The highest BCUT2D eigenvalue weighted by Gasteiger charge is 2.37. The van der Waals surface area contributed by atoms with Crippen LogP contribution in [-0.4, -0.2) is 47.9 Å². The van der Waals surface area contributed by atoms with Gasteiger partial charge < -0.3 is 18.8 Å². The molecule has 0 bridgehead atoms. The smallest absolute Gasteiger partial charge is 0.387 e. The van der Waals surface area contributed by atoms with Gasteiger partial charge in [0.2, 0.25) is 0 Å². The zero-order valence-electron chi connectivity index (χ0n) is 18.7. The predicted octanol–water partition coefficient (Wildman–Crippen LogP) is 2.95. The van der Waals surface area contributed by atoms with Crippen molar-refractivity contribution in [2.24, 2.45) is 0 Å². The molecule has 186 valence electrons. The summed E-state index contributed by atoms with van der Waals surface area (Å²) >= 11 is 0. The second kappa shape index (κ2) is 10.8. The third-order valence-electron chi connectivity index (χ3n) is 5.45. The number of alkyl halides is 2. The van der Waals surface area contributed by atoms with Crippen molar-refractivity contribution in [3.63, 3.8) is 0 Å². The SMILES string of the molecule is O=C(COC(=O)[C@@H]1Cc2ccccc2CN1C(=O)c1ccco1)NC(=O)c1ccc(OC(F)F)cc1. The lowest BCUT2D eigenvalue weighted by Crippen LogP contribution is -2.49. The first-order valence-electron chi connectivity index (χ1n) is 10.8. The lowest BCUT2D eigenvalue weighted by molar-refractivity contribution is -0.153. The number of nitrogens with zero attached hydrogens (tertiary/aromatic N) is 1. The zero-order valence-corrected chi connectivity index (χ0v) is 18.7. The van der Waals surface area contributed by atoms with E-state index in [1.165, 1.54) is 29.4 Å². The van der Waals surface area contributed by atoms with Gasteiger partial charge in [-0.15, -0.1) is 0 Å². The number of halogens is 2. The van der Waals surface area contributed by atoms with Crippen LogP contribution >= 0.6 is 0 Å². The average Bonchev–Trinajstić information content (AvgIpc) is 3.41. The molecule has 3 amide bonds. The molecular weight excluding hydrogens is 478 g/mol. The summed E-state index contributed by atoms with van der Waals surface area (Å²) < 4.78 is 39.0. The molecule has 1 aliphatic rings. The monoisotopic (exact) mass is 498 g/mol. The molecule has 1 aliphatic heterocycles. The summed E-state index contributed by atoms with van der Waals surface area (Å²) in [7, 11) is 0. The Morgan fingerprint density at radius 1 is 1.00 bits per heavy atom. The molecule has 0 saturated heterocycles. The van der Waals surface area contributed by atoms with Crippen LogP contribution < -0.4 is 10.1 Å². The number of hydrogen-bond acceptors (Lipinski definition) is 7. The highest BCUT2D eigenvalue weighted by Crippen LogP contribution is 2.26. The fourth-order valence-corrected chi connectivity index (χ4v) is 3.74. The van der Waals surface area contributed by atoms with Crippen LogP contribution in [0.3, 0.4) is 0 Å². The van der Waals surface area contributed by atoms with Gasteiger partial charge in [-0.3, -0.25) is 19.7 Å². The number of carbonyl (C=O) groups excluding carboxylic acids is 4. The Morgan fingerprint density at radius 2 is 1.72 bits per heavy atom. The molecule has 1 aromatic heterocycles. The molecule has 9 nitrogen and oxygen atoms in total. The predicted molar refractivity (Wildman–Crippen MR) is 119 cm³/mol. The largest absolute Gasteiger partial charge is 0.459 e. The first kappa shape index (κ1) is 24.6. The molecule has 1 atom stereocenters. The Balaban J connectivity index is 1.38. The number of esters is 1. The second-order valence-electron chi connectivity index (χ2n) is 7.79. The molecule has 0 radical (unpaired) electrons. The molecule has 3 aromatic rings. The fourth-order valence-electron chi connectivity index (χ4n) is 3.74. The van der Waals surface area contributed by atoms with E-state index >= 15 is 0 Å². The zero-order chi connectivity index (χ0) is 25.7. The molecule has 0 fully saturated rings. The minimum Gasteiger partial charge on any atom is -0.459 e. The van der Waals surface area contributed by atoms with Crippen LogP contribution in [0.15, 0.2) is 71.3 Å². The Morgan fingerprint density at radius 3 is 2.39 bits per heavy atom. The Hall–Kier alpha value is -4.54. The summed E-state index contributed by atoms with van der Waals surface area (Å²) in [5.41, 5.74) is 1.74. The standard InChI is InChI=1S/C25H20F2N2O7/c26-25(27)36-18-9-7-15(8-10-18)22(31)28-21(30)14-35-24(33)19-12-16-4-1-2-5-17(16)13-29(19)23(32)20-6-3-11-34-20/h1-11,19,25H,12-14H2,(H,28,30,31)/t19-/m0/s1. The van der Waals surface area contributed by atoms with Crippen molar-refractivity contribution in [2.45, 2.75) is 25.6 Å². The molecule has 4 rings (SSSR count). The molecule has 0 unspecified atom stereocenters. The van der Waals surface area contributed by atoms with Gasteiger partial charge in [0.05, 0.1) is 6.26 Å². The van der Waals surface area contributed by atoms with Crippen molar-refractivity contribution in [2.75, 3.05) is 6.61 Å². The van der Waals surface area contributed by atoms with Gasteiger partial charge in [0.1, 0.15) is 11.8 Å². The fraction of sp³-hybridized carbons (Fsp3) is 0.200. The van der Waals surface area contributed by atoms with Gasteiger partial charge in [0.25, 0.3) is 17.7 Å². The molecular formula is C25H20F2N2O7. The number of fused-ring (bicyclic) bond motifs is 1. The molecule has 2 heterocycles. The van der Waals surface area contributed by atoms with Crippen LogP contribution in [0.5, 0.6) is 5.75 Å². The Bertz CT molecular complexity index is 1260. The van der Waals surface area contributed by atoms with E-state index in [-0.39, 0.29) is 30.0 Å². The number of carbonyl (C=O) groups is 4. The van der Waals surface area contributed by atoms with E-state index in [0.717, 1.165) is 23.3 Å². The van der Waals surface area contributed by atoms with Crippen molar-refractivity contribution >= 4 is 23.7 Å². The maximum absolute atomic E-state index is 13.0. The molecule has 11 heteroatoms. The molecule has 36 heavy (non-hydrogen) atoms. The Labute approximate surface area is 203 Å². The van der Waals surface area contributed by atoms with E-state index in [9.17, 15) is 28.0 Å². The first-order chi connectivity index (χ1) is 17.3. The molecule has 0 aliphatic carbocycles. The minimum atomic E-state index is -3.01. The van der Waals surface area contributed by atoms with Crippen LogP contribution in [0.1, 0.15) is 32.0 Å². The summed E-state index contributed by atoms with van der Waals surface area (Å²) in [5.74, 6) is -3.14. The number of imide groups is 1. The van der Waals surface area contributed by atoms with Crippen molar-refractivity contribution in [1.82, 2.24) is 10.2 Å². The van der Waals surface area contributed by atoms with Crippen molar-refractivity contribution < 1.29 is 41.8 Å². The quantitative estimate of drug-likeness (QED) is 0.498. The van der Waals surface area contributed by atoms with Crippen LogP contribution in [-0.2, 0) is 27.3 Å². The summed E-state index contributed by atoms with van der Waals surface area (Å²) in [6.07, 6.45) is 1.52. The van der Waals surface area contributed by atoms with E-state index in [4.69, 9.17) is 9.15 Å². The van der Waals surface area contributed by atoms with E-state index in [1.807, 2.05) is 29.6 Å². The van der Waals surface area contributed by atoms with Gasteiger partial charge >= 0.3 is 12.6 Å². The number of ether oxygens (including phenoxy) is 2. The van der Waals surface area contributed by atoms with Gasteiger partial charge in [0.15, 0.2) is 12.4 Å².